The maximum atomic E-state index is 12.2. The topological polar surface area (TPSA) is 122 Å². The number of benzene rings is 1. The van der Waals surface area contributed by atoms with E-state index in [0.29, 0.717) is 54.6 Å². The Bertz CT molecular complexity index is 1440. The van der Waals surface area contributed by atoms with E-state index < -0.39 is 11.7 Å². The summed E-state index contributed by atoms with van der Waals surface area (Å²) in [6.45, 7) is 8.85. The van der Waals surface area contributed by atoms with E-state index in [0.717, 1.165) is 42.0 Å². The summed E-state index contributed by atoms with van der Waals surface area (Å²) in [7, 11) is 0. The van der Waals surface area contributed by atoms with Gasteiger partial charge in [-0.25, -0.2) is 9.59 Å². The van der Waals surface area contributed by atoms with Gasteiger partial charge in [0.25, 0.3) is 0 Å². The maximum absolute atomic E-state index is 12.2. The molecule has 7 atom stereocenters. The van der Waals surface area contributed by atoms with E-state index in [9.17, 15) is 14.7 Å². The minimum Gasteiger partial charge on any atom is -0.450 e. The van der Waals surface area contributed by atoms with Crippen LogP contribution in [0.25, 0.3) is 11.0 Å². The summed E-state index contributed by atoms with van der Waals surface area (Å²) in [6.07, 6.45) is 10.5. The van der Waals surface area contributed by atoms with E-state index in [4.69, 9.17) is 19.1 Å². The van der Waals surface area contributed by atoms with Gasteiger partial charge in [-0.1, -0.05) is 19.0 Å². The van der Waals surface area contributed by atoms with Crippen molar-refractivity contribution in [3.63, 3.8) is 0 Å². The van der Waals surface area contributed by atoms with Gasteiger partial charge in [-0.2, -0.15) is 0 Å². The number of fused-ring (bicyclic) bond motifs is 6. The molecular weight excluding hydrogens is 558 g/mol. The molecule has 44 heavy (non-hydrogen) atoms. The number of oxime groups is 1. The van der Waals surface area contributed by atoms with Crippen LogP contribution in [-0.4, -0.2) is 49.3 Å². The van der Waals surface area contributed by atoms with Gasteiger partial charge in [0.1, 0.15) is 12.2 Å². The van der Waals surface area contributed by atoms with Crippen LogP contribution in [-0.2, 0) is 16.0 Å². The van der Waals surface area contributed by atoms with E-state index in [1.54, 1.807) is 19.1 Å². The molecule has 0 bridgehead atoms. The molecule has 9 nitrogen and oxygen atoms in total. The van der Waals surface area contributed by atoms with Crippen LogP contribution in [0.15, 0.2) is 38.6 Å². The van der Waals surface area contributed by atoms with Crippen LogP contribution in [0.3, 0.4) is 0 Å². The third-order valence-corrected chi connectivity index (χ3v) is 11.8. The van der Waals surface area contributed by atoms with Crippen molar-refractivity contribution in [1.82, 2.24) is 5.32 Å². The zero-order valence-electron chi connectivity index (χ0n) is 26.5. The first kappa shape index (κ1) is 31.1. The molecule has 9 heteroatoms. The van der Waals surface area contributed by atoms with Crippen molar-refractivity contribution < 1.29 is 23.9 Å². The summed E-state index contributed by atoms with van der Waals surface area (Å²) in [5.41, 5.74) is 3.20. The number of hydrogen-bond acceptors (Lipinski definition) is 8. The first-order chi connectivity index (χ1) is 21.2. The summed E-state index contributed by atoms with van der Waals surface area (Å²) >= 11 is 0. The Morgan fingerprint density at radius 2 is 1.95 bits per heavy atom. The number of carbonyl (C=O) groups is 1. The van der Waals surface area contributed by atoms with Crippen LogP contribution in [0.2, 0.25) is 0 Å². The van der Waals surface area contributed by atoms with Crippen molar-refractivity contribution in [2.75, 3.05) is 31.6 Å². The van der Waals surface area contributed by atoms with Crippen molar-refractivity contribution in [2.24, 2.45) is 39.7 Å². The monoisotopic (exact) mass is 607 g/mol. The van der Waals surface area contributed by atoms with Gasteiger partial charge in [0.15, 0.2) is 0 Å². The SMILES string of the molecule is CCOC(=O)Nc1ccc2c(CCNCCO/N=C3/CC[C@H]4[C@@H]5CC[C@H]6C[C@H](O)CC[C@]6(C)[C@H]5CC[C@]34C)cc(=O)oc2c1. The molecule has 4 fully saturated rings. The number of carbonyl (C=O) groups excluding carboxylic acids is 1. The van der Waals surface area contributed by atoms with E-state index in [2.05, 4.69) is 24.5 Å². The zero-order valence-corrected chi connectivity index (χ0v) is 26.5. The number of nitrogens with zero attached hydrogens (tertiary/aromatic N) is 1. The molecule has 1 aromatic heterocycles. The lowest BCUT2D eigenvalue weighted by molar-refractivity contribution is -0.114. The van der Waals surface area contributed by atoms with Gasteiger partial charge in [0.05, 0.1) is 18.4 Å². The fourth-order valence-electron chi connectivity index (χ4n) is 9.56. The van der Waals surface area contributed by atoms with E-state index in [-0.39, 0.29) is 18.1 Å². The van der Waals surface area contributed by atoms with Crippen LogP contribution in [0.4, 0.5) is 10.5 Å². The normalized spacial score (nSPS) is 33.8. The molecule has 0 aliphatic heterocycles. The van der Waals surface area contributed by atoms with E-state index in [1.165, 1.54) is 50.3 Å². The fourth-order valence-corrected chi connectivity index (χ4v) is 9.56. The average molecular weight is 608 g/mol. The third-order valence-electron chi connectivity index (χ3n) is 11.8. The Labute approximate surface area is 260 Å². The summed E-state index contributed by atoms with van der Waals surface area (Å²) in [4.78, 5) is 29.8. The fraction of sp³-hybridized carbons (Fsp3) is 0.686. The van der Waals surface area contributed by atoms with Crippen LogP contribution < -0.4 is 16.3 Å². The minimum absolute atomic E-state index is 0.0910. The third kappa shape index (κ3) is 6.02. The van der Waals surface area contributed by atoms with Gasteiger partial charge in [-0.3, -0.25) is 5.32 Å². The predicted molar refractivity (Wildman–Crippen MR) is 171 cm³/mol. The molecule has 4 saturated carbocycles. The highest BCUT2D eigenvalue weighted by Gasteiger charge is 2.59. The predicted octanol–water partition coefficient (Wildman–Crippen LogP) is 6.27. The van der Waals surface area contributed by atoms with Crippen molar-refractivity contribution in [3.05, 3.63) is 40.2 Å². The quantitative estimate of drug-likeness (QED) is 0.174. The van der Waals surface area contributed by atoms with Gasteiger partial charge in [0, 0.05) is 35.2 Å². The number of ether oxygens (including phenoxy) is 1. The Morgan fingerprint density at radius 1 is 1.09 bits per heavy atom. The second-order valence-electron chi connectivity index (χ2n) is 14.1. The zero-order chi connectivity index (χ0) is 30.9. The molecule has 0 radical (unpaired) electrons. The van der Waals surface area contributed by atoms with Crippen molar-refractivity contribution >= 4 is 28.5 Å². The highest BCUT2D eigenvalue weighted by Crippen LogP contribution is 2.65. The van der Waals surface area contributed by atoms with E-state index >= 15 is 0 Å². The highest BCUT2D eigenvalue weighted by molar-refractivity contribution is 5.92. The Morgan fingerprint density at radius 3 is 2.80 bits per heavy atom. The molecule has 1 heterocycles. The summed E-state index contributed by atoms with van der Waals surface area (Å²) < 4.78 is 10.3. The molecule has 3 N–H and O–H groups in total. The largest absolute Gasteiger partial charge is 0.450 e. The lowest BCUT2D eigenvalue weighted by Crippen LogP contribution is -2.54. The molecule has 6 rings (SSSR count). The Balaban J connectivity index is 0.986. The Kier molecular flexibility index (Phi) is 9.07. The van der Waals surface area contributed by atoms with Crippen molar-refractivity contribution in [2.45, 2.75) is 91.1 Å². The summed E-state index contributed by atoms with van der Waals surface area (Å²) in [5, 5.41) is 21.9. The molecule has 4 aliphatic rings. The number of anilines is 1. The Hall–Kier alpha value is -2.91. The molecule has 1 amide bonds. The molecule has 0 saturated heterocycles. The van der Waals surface area contributed by atoms with Gasteiger partial charge in [0.2, 0.25) is 0 Å². The van der Waals surface area contributed by atoms with Gasteiger partial charge in [-0.05, 0) is 124 Å². The molecule has 0 unspecified atom stereocenters. The van der Waals surface area contributed by atoms with Crippen molar-refractivity contribution in [3.8, 4) is 0 Å². The molecular formula is C35H49N3O6. The summed E-state index contributed by atoms with van der Waals surface area (Å²) in [5.74, 6) is 2.94. The lowest BCUT2D eigenvalue weighted by Gasteiger charge is -2.60. The van der Waals surface area contributed by atoms with Crippen LogP contribution >= 0.6 is 0 Å². The molecule has 4 aliphatic carbocycles. The first-order valence-corrected chi connectivity index (χ1v) is 16.8. The lowest BCUT2D eigenvalue weighted by atomic mass is 9.45. The number of aliphatic hydroxyl groups excluding tert-OH is 1. The highest BCUT2D eigenvalue weighted by atomic mass is 16.6. The van der Waals surface area contributed by atoms with Crippen LogP contribution in [0.5, 0.6) is 0 Å². The second-order valence-corrected chi connectivity index (χ2v) is 14.1. The average Bonchev–Trinajstić information content (AvgIpc) is 3.33. The van der Waals surface area contributed by atoms with Crippen LogP contribution in [0.1, 0.15) is 84.1 Å². The van der Waals surface area contributed by atoms with Crippen molar-refractivity contribution in [1.29, 1.82) is 0 Å². The first-order valence-electron chi connectivity index (χ1n) is 16.8. The number of aliphatic hydroxyl groups is 1. The number of hydrogen-bond donors (Lipinski definition) is 3. The van der Waals surface area contributed by atoms with Gasteiger partial charge in [-0.15, -0.1) is 0 Å². The molecule has 2 aromatic rings. The van der Waals surface area contributed by atoms with E-state index in [1.807, 2.05) is 6.07 Å². The molecule has 1 aromatic carbocycles. The maximum Gasteiger partial charge on any atom is 0.411 e. The smallest absolute Gasteiger partial charge is 0.411 e. The number of amides is 1. The van der Waals surface area contributed by atoms with Crippen LogP contribution in [0, 0.1) is 34.5 Å². The number of rotatable bonds is 9. The standard InChI is InChI=1S/C35H49N3O6/c1-4-42-33(41)37-24-6-8-26-22(19-32(40)44-30(26)21-24)13-16-36-17-18-43-38-31-10-9-28-27-7-5-23-20-25(39)11-14-34(23,2)29(27)12-15-35(28,31)3/h6,8,19,21,23,25,27-29,36,39H,4-5,7,9-18,20H2,1-3H3,(H,37,41)/b38-31-/t23-,25+,27-,28-,29-,34-,35-/m0/s1. The summed E-state index contributed by atoms with van der Waals surface area (Å²) in [6, 6.07) is 6.80. The molecule has 0 spiro atoms. The number of nitrogens with one attached hydrogen (secondary N) is 2. The minimum atomic E-state index is -0.547. The van der Waals surface area contributed by atoms with Gasteiger partial charge >= 0.3 is 11.7 Å². The molecule has 240 valence electrons. The second kappa shape index (κ2) is 12.8. The van der Waals surface area contributed by atoms with Gasteiger partial charge < -0.3 is 24.4 Å².